The van der Waals surface area contributed by atoms with E-state index in [1.807, 2.05) is 0 Å². The van der Waals surface area contributed by atoms with Crippen LogP contribution in [0.5, 0.6) is 0 Å². The minimum atomic E-state index is -0.0880. The van der Waals surface area contributed by atoms with Gasteiger partial charge >= 0.3 is 0 Å². The van der Waals surface area contributed by atoms with E-state index < -0.39 is 0 Å². The molecule has 0 aliphatic carbocycles. The highest BCUT2D eigenvalue weighted by Gasteiger charge is 2.24. The van der Waals surface area contributed by atoms with Crippen molar-refractivity contribution in [2.75, 3.05) is 65.4 Å². The molecule has 0 amide bonds. The number of hydrogen-bond acceptors (Lipinski definition) is 6. The molecule has 0 atom stereocenters. The minimum absolute atomic E-state index is 0.0880. The van der Waals surface area contributed by atoms with Gasteiger partial charge in [0.15, 0.2) is 0 Å². The number of rotatable bonds is 4. The SMILES string of the molecule is C1CNCCN1.CC(C)(N)CN1CCN(CC(C)(C)N)CC1. The second kappa shape index (κ2) is 9.15. The second-order valence-corrected chi connectivity index (χ2v) is 8.03. The summed E-state index contributed by atoms with van der Waals surface area (Å²) in [6, 6.07) is 0. The van der Waals surface area contributed by atoms with E-state index in [9.17, 15) is 0 Å². The topological polar surface area (TPSA) is 82.6 Å². The molecule has 2 rings (SSSR count). The monoisotopic (exact) mass is 314 g/mol. The maximum absolute atomic E-state index is 6.03. The zero-order chi connectivity index (χ0) is 16.6. The molecule has 0 saturated carbocycles. The Labute approximate surface area is 137 Å². The largest absolute Gasteiger partial charge is 0.324 e. The van der Waals surface area contributed by atoms with Crippen molar-refractivity contribution in [1.29, 1.82) is 0 Å². The molecule has 22 heavy (non-hydrogen) atoms. The third-order valence-corrected chi connectivity index (χ3v) is 3.68. The van der Waals surface area contributed by atoms with Gasteiger partial charge < -0.3 is 22.1 Å². The van der Waals surface area contributed by atoms with Crippen LogP contribution < -0.4 is 22.1 Å². The molecule has 6 heteroatoms. The van der Waals surface area contributed by atoms with Gasteiger partial charge in [-0.1, -0.05) is 0 Å². The highest BCUT2D eigenvalue weighted by Crippen LogP contribution is 2.09. The van der Waals surface area contributed by atoms with Gasteiger partial charge in [0.2, 0.25) is 0 Å². The van der Waals surface area contributed by atoms with Gasteiger partial charge in [0.05, 0.1) is 0 Å². The van der Waals surface area contributed by atoms with Crippen LogP contribution in [0.1, 0.15) is 27.7 Å². The molecule has 0 aromatic heterocycles. The molecule has 0 bridgehead atoms. The van der Waals surface area contributed by atoms with E-state index in [4.69, 9.17) is 11.5 Å². The molecule has 0 aromatic carbocycles. The third kappa shape index (κ3) is 10.5. The van der Waals surface area contributed by atoms with Gasteiger partial charge in [0, 0.05) is 76.5 Å². The average molecular weight is 315 g/mol. The summed E-state index contributed by atoms with van der Waals surface area (Å²) < 4.78 is 0. The van der Waals surface area contributed by atoms with Crippen LogP contribution in [0.2, 0.25) is 0 Å². The Morgan fingerprint density at radius 3 is 1.14 bits per heavy atom. The quantitative estimate of drug-likeness (QED) is 0.547. The van der Waals surface area contributed by atoms with Crippen molar-refractivity contribution in [3.8, 4) is 0 Å². The zero-order valence-corrected chi connectivity index (χ0v) is 15.1. The maximum Gasteiger partial charge on any atom is 0.0226 e. The van der Waals surface area contributed by atoms with Gasteiger partial charge in [0.1, 0.15) is 0 Å². The van der Waals surface area contributed by atoms with Crippen LogP contribution in [0, 0.1) is 0 Å². The van der Waals surface area contributed by atoms with Crippen LogP contribution in [0.4, 0.5) is 0 Å². The Morgan fingerprint density at radius 1 is 0.682 bits per heavy atom. The van der Waals surface area contributed by atoms with Crippen LogP contribution in [-0.2, 0) is 0 Å². The van der Waals surface area contributed by atoms with E-state index in [-0.39, 0.29) is 11.1 Å². The van der Waals surface area contributed by atoms with E-state index in [1.165, 1.54) is 0 Å². The molecule has 6 nitrogen and oxygen atoms in total. The van der Waals surface area contributed by atoms with Crippen LogP contribution in [0.25, 0.3) is 0 Å². The predicted octanol–water partition coefficient (Wildman–Crippen LogP) is -0.742. The fraction of sp³-hybridized carbons (Fsp3) is 1.00. The highest BCUT2D eigenvalue weighted by molar-refractivity contribution is 4.84. The maximum atomic E-state index is 6.03. The third-order valence-electron chi connectivity index (χ3n) is 3.68. The molecule has 2 aliphatic heterocycles. The fourth-order valence-electron chi connectivity index (χ4n) is 2.86. The van der Waals surface area contributed by atoms with Gasteiger partial charge in [-0.05, 0) is 27.7 Å². The normalized spacial score (nSPS) is 22.1. The van der Waals surface area contributed by atoms with Gasteiger partial charge in [-0.3, -0.25) is 9.80 Å². The molecule has 132 valence electrons. The number of nitrogens with zero attached hydrogens (tertiary/aromatic N) is 2. The lowest BCUT2D eigenvalue weighted by atomic mass is 10.0. The number of nitrogens with one attached hydrogen (secondary N) is 2. The van der Waals surface area contributed by atoms with E-state index in [0.29, 0.717) is 0 Å². The zero-order valence-electron chi connectivity index (χ0n) is 15.1. The highest BCUT2D eigenvalue weighted by atomic mass is 15.3. The molecule has 6 N–H and O–H groups in total. The number of piperazine rings is 2. The number of nitrogens with two attached hydrogens (primary N) is 2. The van der Waals surface area contributed by atoms with E-state index in [0.717, 1.165) is 65.4 Å². The fourth-order valence-corrected chi connectivity index (χ4v) is 2.86. The number of hydrogen-bond donors (Lipinski definition) is 4. The van der Waals surface area contributed by atoms with Crippen LogP contribution in [0.3, 0.4) is 0 Å². The van der Waals surface area contributed by atoms with Crippen molar-refractivity contribution < 1.29 is 0 Å². The molecule has 0 radical (unpaired) electrons. The van der Waals surface area contributed by atoms with Crippen LogP contribution in [0.15, 0.2) is 0 Å². The smallest absolute Gasteiger partial charge is 0.0226 e. The minimum Gasteiger partial charge on any atom is -0.324 e. The summed E-state index contributed by atoms with van der Waals surface area (Å²) in [5, 5.41) is 6.44. The van der Waals surface area contributed by atoms with Crippen molar-refractivity contribution in [3.05, 3.63) is 0 Å². The summed E-state index contributed by atoms with van der Waals surface area (Å²) >= 11 is 0. The van der Waals surface area contributed by atoms with Crippen molar-refractivity contribution in [2.24, 2.45) is 11.5 Å². The van der Waals surface area contributed by atoms with Gasteiger partial charge in [-0.2, -0.15) is 0 Å². The summed E-state index contributed by atoms with van der Waals surface area (Å²) in [6.07, 6.45) is 0. The summed E-state index contributed by atoms with van der Waals surface area (Å²) in [7, 11) is 0. The van der Waals surface area contributed by atoms with Crippen molar-refractivity contribution in [2.45, 2.75) is 38.8 Å². The molecule has 0 unspecified atom stereocenters. The molecular formula is C16H38N6. The molecular weight excluding hydrogens is 276 g/mol. The van der Waals surface area contributed by atoms with Crippen molar-refractivity contribution in [3.63, 3.8) is 0 Å². The predicted molar refractivity (Wildman–Crippen MR) is 95.2 cm³/mol. The Hall–Kier alpha value is -0.240. The molecule has 2 saturated heterocycles. The average Bonchev–Trinajstić information content (AvgIpc) is 2.41. The first kappa shape index (κ1) is 19.8. The van der Waals surface area contributed by atoms with Gasteiger partial charge in [-0.15, -0.1) is 0 Å². The van der Waals surface area contributed by atoms with Gasteiger partial charge in [-0.25, -0.2) is 0 Å². The molecule has 0 spiro atoms. The van der Waals surface area contributed by atoms with E-state index in [2.05, 4.69) is 48.1 Å². The summed E-state index contributed by atoms with van der Waals surface area (Å²) in [5.41, 5.74) is 11.9. The van der Waals surface area contributed by atoms with E-state index >= 15 is 0 Å². The standard InChI is InChI=1S/C12H28N4.C4H10N2/c1-11(2,13)9-15-5-7-16(8-6-15)10-12(3,4)14;1-2-6-4-3-5-1/h5-10,13-14H2,1-4H3;5-6H,1-4H2. The lowest BCUT2D eigenvalue weighted by molar-refractivity contribution is 0.103. The molecule has 2 heterocycles. The molecule has 2 fully saturated rings. The lowest BCUT2D eigenvalue weighted by Crippen LogP contribution is -2.56. The molecule has 2 aliphatic rings. The Bertz CT molecular complexity index is 246. The lowest BCUT2D eigenvalue weighted by Gasteiger charge is -2.39. The van der Waals surface area contributed by atoms with Gasteiger partial charge in [0.25, 0.3) is 0 Å². The Morgan fingerprint density at radius 2 is 0.955 bits per heavy atom. The molecule has 0 aromatic rings. The van der Waals surface area contributed by atoms with E-state index in [1.54, 1.807) is 0 Å². The second-order valence-electron chi connectivity index (χ2n) is 8.03. The van der Waals surface area contributed by atoms with Crippen LogP contribution in [-0.4, -0.2) is 86.3 Å². The van der Waals surface area contributed by atoms with Crippen LogP contribution >= 0.6 is 0 Å². The van der Waals surface area contributed by atoms with Crippen molar-refractivity contribution >= 4 is 0 Å². The Kier molecular flexibility index (Phi) is 8.24. The first-order valence-corrected chi connectivity index (χ1v) is 8.60. The first-order chi connectivity index (χ1) is 10.2. The summed E-state index contributed by atoms with van der Waals surface area (Å²) in [5.74, 6) is 0. The van der Waals surface area contributed by atoms with Crippen molar-refractivity contribution in [1.82, 2.24) is 20.4 Å². The summed E-state index contributed by atoms with van der Waals surface area (Å²) in [4.78, 5) is 4.89. The summed E-state index contributed by atoms with van der Waals surface area (Å²) in [6.45, 7) is 19.3. The first-order valence-electron chi connectivity index (χ1n) is 8.60. The Balaban J connectivity index is 0.000000335.